The van der Waals surface area contributed by atoms with Gasteiger partial charge in [-0.15, -0.1) is 0 Å². The normalized spacial score (nSPS) is 10.6. The Morgan fingerprint density at radius 3 is 2.33 bits per heavy atom. The molecule has 4 heteroatoms. The lowest BCUT2D eigenvalue weighted by Crippen LogP contribution is -2.30. The summed E-state index contributed by atoms with van der Waals surface area (Å²) in [6, 6.07) is 21.3. The summed E-state index contributed by atoms with van der Waals surface area (Å²) in [6.07, 6.45) is 0. The predicted octanol–water partition coefficient (Wildman–Crippen LogP) is 5.19. The van der Waals surface area contributed by atoms with Crippen molar-refractivity contribution in [3.05, 3.63) is 93.9 Å². The lowest BCUT2D eigenvalue weighted by atomic mass is 10.1. The zero-order valence-electron chi connectivity index (χ0n) is 13.4. The monoisotopic (exact) mass is 383 g/mol. The van der Waals surface area contributed by atoms with E-state index in [1.807, 2.05) is 73.7 Å². The summed E-state index contributed by atoms with van der Waals surface area (Å²) in [5.41, 5.74) is 1.73. The van der Waals surface area contributed by atoms with Crippen molar-refractivity contribution >= 4 is 21.8 Å². The number of carbonyl (C=O) groups excluding carboxylic acids is 1. The van der Waals surface area contributed by atoms with Crippen LogP contribution >= 0.6 is 15.9 Å². The van der Waals surface area contributed by atoms with Crippen molar-refractivity contribution in [1.82, 2.24) is 4.90 Å². The summed E-state index contributed by atoms with van der Waals surface area (Å²) >= 11 is 3.47. The van der Waals surface area contributed by atoms with Crippen LogP contribution < -0.4 is 0 Å². The molecule has 0 aliphatic heterocycles. The number of benzene rings is 2. The molecule has 0 aliphatic carbocycles. The number of rotatable bonds is 5. The van der Waals surface area contributed by atoms with Crippen molar-refractivity contribution < 1.29 is 9.21 Å². The molecule has 122 valence electrons. The fourth-order valence-electron chi connectivity index (χ4n) is 2.57. The Labute approximate surface area is 150 Å². The van der Waals surface area contributed by atoms with Gasteiger partial charge in [0.25, 0.3) is 5.91 Å². The van der Waals surface area contributed by atoms with Crippen molar-refractivity contribution in [3.63, 3.8) is 0 Å². The van der Waals surface area contributed by atoms with E-state index >= 15 is 0 Å². The van der Waals surface area contributed by atoms with Crippen molar-refractivity contribution in [2.45, 2.75) is 20.0 Å². The van der Waals surface area contributed by atoms with Crippen LogP contribution in [0.15, 0.2) is 75.6 Å². The maximum Gasteiger partial charge on any atom is 0.255 e. The van der Waals surface area contributed by atoms with Gasteiger partial charge in [-0.1, -0.05) is 42.5 Å². The van der Waals surface area contributed by atoms with Gasteiger partial charge >= 0.3 is 0 Å². The molecule has 0 saturated carbocycles. The van der Waals surface area contributed by atoms with E-state index in [-0.39, 0.29) is 5.91 Å². The molecule has 0 atom stereocenters. The van der Waals surface area contributed by atoms with Crippen LogP contribution in [0.3, 0.4) is 0 Å². The molecule has 1 aromatic heterocycles. The molecule has 3 aromatic rings. The van der Waals surface area contributed by atoms with Gasteiger partial charge in [0.05, 0.1) is 12.1 Å². The minimum absolute atomic E-state index is 0.0274. The molecule has 0 aliphatic rings. The van der Waals surface area contributed by atoms with E-state index in [0.717, 1.165) is 21.6 Å². The average Bonchev–Trinajstić information content (AvgIpc) is 3.00. The Morgan fingerprint density at radius 2 is 1.67 bits per heavy atom. The zero-order chi connectivity index (χ0) is 16.9. The first-order valence-corrected chi connectivity index (χ1v) is 8.56. The number of halogens is 1. The molecule has 2 aromatic carbocycles. The first-order valence-electron chi connectivity index (χ1n) is 7.76. The van der Waals surface area contributed by atoms with Crippen LogP contribution in [-0.4, -0.2) is 10.8 Å². The Morgan fingerprint density at radius 1 is 0.958 bits per heavy atom. The minimum Gasteiger partial charge on any atom is -0.464 e. The molecule has 0 spiro atoms. The molecule has 0 radical (unpaired) electrons. The molecule has 0 saturated heterocycles. The van der Waals surface area contributed by atoms with Crippen LogP contribution in [0, 0.1) is 6.92 Å². The van der Waals surface area contributed by atoms with Gasteiger partial charge in [-0.05, 0) is 52.7 Å². The number of furan rings is 1. The van der Waals surface area contributed by atoms with Gasteiger partial charge in [-0.3, -0.25) is 4.79 Å². The van der Waals surface area contributed by atoms with E-state index in [1.165, 1.54) is 0 Å². The predicted molar refractivity (Wildman–Crippen MR) is 97.6 cm³/mol. The minimum atomic E-state index is -0.0274. The number of nitrogens with zero attached hydrogens (tertiary/aromatic N) is 1. The largest absolute Gasteiger partial charge is 0.464 e. The smallest absolute Gasteiger partial charge is 0.255 e. The third kappa shape index (κ3) is 3.95. The topological polar surface area (TPSA) is 33.5 Å². The van der Waals surface area contributed by atoms with Gasteiger partial charge in [0, 0.05) is 11.0 Å². The van der Waals surface area contributed by atoms with Gasteiger partial charge in [-0.25, -0.2) is 0 Å². The van der Waals surface area contributed by atoms with Gasteiger partial charge in [0.15, 0.2) is 0 Å². The quantitative estimate of drug-likeness (QED) is 0.606. The number of carbonyl (C=O) groups is 1. The maximum atomic E-state index is 13.0. The molecule has 0 N–H and O–H groups in total. The summed E-state index contributed by atoms with van der Waals surface area (Å²) in [5, 5.41) is 0. The summed E-state index contributed by atoms with van der Waals surface area (Å²) in [5.74, 6) is 1.60. The van der Waals surface area contributed by atoms with Crippen LogP contribution in [-0.2, 0) is 13.1 Å². The highest BCUT2D eigenvalue weighted by molar-refractivity contribution is 9.10. The molecule has 3 rings (SSSR count). The number of hydrogen-bond acceptors (Lipinski definition) is 2. The molecular weight excluding hydrogens is 366 g/mol. The molecule has 3 nitrogen and oxygen atoms in total. The van der Waals surface area contributed by atoms with Gasteiger partial charge < -0.3 is 9.32 Å². The van der Waals surface area contributed by atoms with Crippen molar-refractivity contribution in [3.8, 4) is 0 Å². The Balaban J connectivity index is 1.88. The van der Waals surface area contributed by atoms with Crippen LogP contribution in [0.2, 0.25) is 0 Å². The summed E-state index contributed by atoms with van der Waals surface area (Å²) in [4.78, 5) is 14.8. The molecular formula is C20H18BrNO2. The van der Waals surface area contributed by atoms with Crippen molar-refractivity contribution in [2.75, 3.05) is 0 Å². The van der Waals surface area contributed by atoms with E-state index in [2.05, 4.69) is 15.9 Å². The third-order valence-corrected chi connectivity index (χ3v) is 4.44. The second-order valence-electron chi connectivity index (χ2n) is 5.64. The highest BCUT2D eigenvalue weighted by Gasteiger charge is 2.19. The Bertz CT molecular complexity index is 826. The lowest BCUT2D eigenvalue weighted by molar-refractivity contribution is 0.0716. The van der Waals surface area contributed by atoms with E-state index < -0.39 is 0 Å². The van der Waals surface area contributed by atoms with Crippen molar-refractivity contribution in [1.29, 1.82) is 0 Å². The third-order valence-electron chi connectivity index (χ3n) is 3.75. The van der Waals surface area contributed by atoms with E-state index in [0.29, 0.717) is 18.7 Å². The molecule has 24 heavy (non-hydrogen) atoms. The number of amides is 1. The standard InChI is InChI=1S/C20H18BrNO2/c1-15-11-12-17(24-15)14-22(13-16-7-3-2-4-8-16)20(23)18-9-5-6-10-19(18)21/h2-12H,13-14H2,1H3. The highest BCUT2D eigenvalue weighted by atomic mass is 79.9. The van der Waals surface area contributed by atoms with Gasteiger partial charge in [-0.2, -0.15) is 0 Å². The zero-order valence-corrected chi connectivity index (χ0v) is 15.0. The maximum absolute atomic E-state index is 13.0. The van der Waals surface area contributed by atoms with E-state index in [1.54, 1.807) is 4.90 Å². The molecule has 0 fully saturated rings. The van der Waals surface area contributed by atoms with Crippen LogP contribution in [0.5, 0.6) is 0 Å². The fourth-order valence-corrected chi connectivity index (χ4v) is 3.02. The molecule has 0 unspecified atom stereocenters. The number of hydrogen-bond donors (Lipinski definition) is 0. The van der Waals surface area contributed by atoms with E-state index in [4.69, 9.17) is 4.42 Å². The molecule has 1 amide bonds. The summed E-state index contributed by atoms with van der Waals surface area (Å²) in [7, 11) is 0. The molecule has 0 bridgehead atoms. The van der Waals surface area contributed by atoms with E-state index in [9.17, 15) is 4.79 Å². The van der Waals surface area contributed by atoms with Crippen LogP contribution in [0.4, 0.5) is 0 Å². The second-order valence-corrected chi connectivity index (χ2v) is 6.49. The summed E-state index contributed by atoms with van der Waals surface area (Å²) in [6.45, 7) is 2.87. The SMILES string of the molecule is Cc1ccc(CN(Cc2ccccc2)C(=O)c2ccccc2Br)o1. The Kier molecular flexibility index (Phi) is 5.16. The summed E-state index contributed by atoms with van der Waals surface area (Å²) < 4.78 is 6.46. The van der Waals surface area contributed by atoms with Crippen molar-refractivity contribution in [2.24, 2.45) is 0 Å². The van der Waals surface area contributed by atoms with Gasteiger partial charge in [0.1, 0.15) is 11.5 Å². The highest BCUT2D eigenvalue weighted by Crippen LogP contribution is 2.21. The Hall–Kier alpha value is -2.33. The lowest BCUT2D eigenvalue weighted by Gasteiger charge is -2.22. The van der Waals surface area contributed by atoms with Gasteiger partial charge in [0.2, 0.25) is 0 Å². The fraction of sp³-hybridized carbons (Fsp3) is 0.150. The van der Waals surface area contributed by atoms with Crippen LogP contribution in [0.1, 0.15) is 27.4 Å². The average molecular weight is 384 g/mol. The van der Waals surface area contributed by atoms with Crippen LogP contribution in [0.25, 0.3) is 0 Å². The second kappa shape index (κ2) is 7.49. The molecule has 1 heterocycles. The first-order chi connectivity index (χ1) is 11.6. The number of aryl methyl sites for hydroxylation is 1. The first kappa shape index (κ1) is 16.5.